The molecule has 1 atom stereocenters. The van der Waals surface area contributed by atoms with Gasteiger partial charge < -0.3 is 19.1 Å². The van der Waals surface area contributed by atoms with Crippen LogP contribution < -0.4 is 4.74 Å². The molecule has 20 heavy (non-hydrogen) atoms. The molecule has 1 unspecified atom stereocenters. The minimum Gasteiger partial charge on any atom is -0.494 e. The Morgan fingerprint density at radius 2 is 2.10 bits per heavy atom. The van der Waals surface area contributed by atoms with Crippen molar-refractivity contribution in [1.82, 2.24) is 4.57 Å². The number of nitrogens with zero attached hydrogens (tertiary/aromatic N) is 1. The number of rotatable bonds is 5. The summed E-state index contributed by atoms with van der Waals surface area (Å²) in [6.07, 6.45) is -0.0681. The van der Waals surface area contributed by atoms with E-state index < -0.39 is 6.10 Å². The number of aryl methyl sites for hydroxylation is 1. The fourth-order valence-corrected chi connectivity index (χ4v) is 2.08. The second kappa shape index (κ2) is 5.86. The lowest BCUT2D eigenvalue weighted by molar-refractivity contribution is -0.151. The van der Waals surface area contributed by atoms with Crippen LogP contribution in [0.4, 0.5) is 0 Å². The van der Waals surface area contributed by atoms with Gasteiger partial charge in [0.25, 0.3) is 0 Å². The average molecular weight is 277 g/mol. The highest BCUT2D eigenvalue weighted by atomic mass is 16.6. The van der Waals surface area contributed by atoms with Crippen LogP contribution in [0.1, 0.15) is 20.3 Å². The van der Waals surface area contributed by atoms with Crippen LogP contribution in [0.15, 0.2) is 24.3 Å². The number of aromatic hydroxyl groups is 1. The summed E-state index contributed by atoms with van der Waals surface area (Å²) in [5.41, 5.74) is 0.902. The molecular formula is C15H19NO4. The minimum atomic E-state index is -0.607. The lowest BCUT2D eigenvalue weighted by Crippen LogP contribution is -2.28. The van der Waals surface area contributed by atoms with E-state index >= 15 is 0 Å². The third-order valence-electron chi connectivity index (χ3n) is 3.19. The number of carbonyl (C=O) groups excluding carboxylic acids is 1. The first-order valence-corrected chi connectivity index (χ1v) is 6.68. The van der Waals surface area contributed by atoms with E-state index in [9.17, 15) is 9.90 Å². The van der Waals surface area contributed by atoms with Gasteiger partial charge in [0.15, 0.2) is 12.0 Å². The molecule has 0 amide bonds. The number of benzene rings is 1. The van der Waals surface area contributed by atoms with E-state index in [4.69, 9.17) is 9.47 Å². The highest BCUT2D eigenvalue weighted by molar-refractivity contribution is 5.84. The molecule has 0 saturated carbocycles. The van der Waals surface area contributed by atoms with Crippen LogP contribution in [0.2, 0.25) is 0 Å². The number of hydrogen-bond donors (Lipinski definition) is 1. The summed E-state index contributed by atoms with van der Waals surface area (Å²) in [6.45, 7) is 3.97. The van der Waals surface area contributed by atoms with Crippen molar-refractivity contribution in [3.63, 3.8) is 0 Å². The molecule has 0 spiro atoms. The first-order valence-electron chi connectivity index (χ1n) is 6.68. The maximum atomic E-state index is 11.7. The molecule has 5 heteroatoms. The van der Waals surface area contributed by atoms with Crippen molar-refractivity contribution < 1.29 is 19.4 Å². The summed E-state index contributed by atoms with van der Waals surface area (Å²) in [5.74, 6) is 0.420. The largest absolute Gasteiger partial charge is 0.494 e. The summed E-state index contributed by atoms with van der Waals surface area (Å²) < 4.78 is 12.3. The van der Waals surface area contributed by atoms with Crippen LogP contribution in [0.5, 0.6) is 11.6 Å². The van der Waals surface area contributed by atoms with Crippen molar-refractivity contribution in [2.45, 2.75) is 26.4 Å². The van der Waals surface area contributed by atoms with E-state index in [0.29, 0.717) is 18.8 Å². The summed E-state index contributed by atoms with van der Waals surface area (Å²) in [5, 5.41) is 10.5. The van der Waals surface area contributed by atoms with Gasteiger partial charge in [0.2, 0.25) is 0 Å². The normalized spacial score (nSPS) is 12.3. The second-order valence-electron chi connectivity index (χ2n) is 4.55. The van der Waals surface area contributed by atoms with Crippen molar-refractivity contribution in [3.05, 3.63) is 24.3 Å². The smallest absolute Gasteiger partial charge is 0.347 e. The highest BCUT2D eigenvalue weighted by Crippen LogP contribution is 2.27. The van der Waals surface area contributed by atoms with Gasteiger partial charge >= 0.3 is 5.97 Å². The van der Waals surface area contributed by atoms with Crippen LogP contribution in [0.25, 0.3) is 10.9 Å². The number of carbonyl (C=O) groups is 1. The van der Waals surface area contributed by atoms with Gasteiger partial charge in [-0.2, -0.15) is 0 Å². The molecule has 1 heterocycles. The molecule has 1 aromatic heterocycles. The molecule has 108 valence electrons. The molecule has 0 bridgehead atoms. The van der Waals surface area contributed by atoms with Gasteiger partial charge in [-0.15, -0.1) is 0 Å². The van der Waals surface area contributed by atoms with Crippen LogP contribution in [-0.2, 0) is 16.6 Å². The van der Waals surface area contributed by atoms with Crippen LogP contribution in [0.3, 0.4) is 0 Å². The Morgan fingerprint density at radius 3 is 2.75 bits per heavy atom. The van der Waals surface area contributed by atoms with Crippen molar-refractivity contribution in [2.24, 2.45) is 7.05 Å². The van der Waals surface area contributed by atoms with Crippen LogP contribution in [-0.4, -0.2) is 28.4 Å². The average Bonchev–Trinajstić information content (AvgIpc) is 2.71. The molecule has 0 saturated heterocycles. The Morgan fingerprint density at radius 1 is 1.35 bits per heavy atom. The lowest BCUT2D eigenvalue weighted by atomic mass is 10.2. The zero-order chi connectivity index (χ0) is 14.7. The van der Waals surface area contributed by atoms with Crippen molar-refractivity contribution in [3.8, 4) is 11.6 Å². The SMILES string of the molecule is CCOC(=O)C(CC)Oc1ccc2c(c1)cc(O)n2C. The van der Waals surface area contributed by atoms with E-state index in [2.05, 4.69) is 0 Å². The number of ether oxygens (including phenoxy) is 2. The monoisotopic (exact) mass is 277 g/mol. The molecule has 1 aromatic carbocycles. The van der Waals surface area contributed by atoms with E-state index in [1.54, 1.807) is 36.7 Å². The fraction of sp³-hybridized carbons (Fsp3) is 0.400. The van der Waals surface area contributed by atoms with Gasteiger partial charge in [0, 0.05) is 18.5 Å². The van der Waals surface area contributed by atoms with E-state index in [1.807, 2.05) is 13.0 Å². The van der Waals surface area contributed by atoms with Crippen molar-refractivity contribution in [2.75, 3.05) is 6.61 Å². The molecule has 1 N–H and O–H groups in total. The van der Waals surface area contributed by atoms with Gasteiger partial charge in [-0.1, -0.05) is 6.92 Å². The predicted octanol–water partition coefficient (Wildman–Crippen LogP) is 2.60. The van der Waals surface area contributed by atoms with Crippen LogP contribution >= 0.6 is 0 Å². The lowest BCUT2D eigenvalue weighted by Gasteiger charge is -2.16. The third kappa shape index (κ3) is 2.71. The van der Waals surface area contributed by atoms with Crippen molar-refractivity contribution >= 4 is 16.9 Å². The number of fused-ring (bicyclic) bond motifs is 1. The highest BCUT2D eigenvalue weighted by Gasteiger charge is 2.19. The Labute approximate surface area is 117 Å². The Bertz CT molecular complexity index is 618. The number of aromatic nitrogens is 1. The molecule has 0 aliphatic rings. The maximum absolute atomic E-state index is 11.7. The standard InChI is InChI=1S/C15H19NO4/c1-4-13(15(18)19-5-2)20-11-6-7-12-10(8-11)9-14(17)16(12)3/h6-9,13,17H,4-5H2,1-3H3. The maximum Gasteiger partial charge on any atom is 0.347 e. The Kier molecular flexibility index (Phi) is 4.17. The van der Waals surface area contributed by atoms with Gasteiger partial charge in [-0.3, -0.25) is 0 Å². The number of hydrogen-bond acceptors (Lipinski definition) is 4. The Balaban J connectivity index is 2.22. The first kappa shape index (κ1) is 14.2. The van der Waals surface area contributed by atoms with E-state index in [1.165, 1.54) is 0 Å². The first-order chi connectivity index (χ1) is 9.56. The topological polar surface area (TPSA) is 60.7 Å². The molecule has 2 aromatic rings. The summed E-state index contributed by atoms with van der Waals surface area (Å²) in [6, 6.07) is 7.09. The molecule has 5 nitrogen and oxygen atoms in total. The second-order valence-corrected chi connectivity index (χ2v) is 4.55. The van der Waals surface area contributed by atoms with E-state index in [-0.39, 0.29) is 11.8 Å². The van der Waals surface area contributed by atoms with Crippen molar-refractivity contribution in [1.29, 1.82) is 0 Å². The fourth-order valence-electron chi connectivity index (χ4n) is 2.08. The molecule has 0 fully saturated rings. The van der Waals surface area contributed by atoms with Gasteiger partial charge in [0.1, 0.15) is 5.75 Å². The zero-order valence-corrected chi connectivity index (χ0v) is 11.9. The summed E-state index contributed by atoms with van der Waals surface area (Å²) in [4.78, 5) is 11.7. The molecular weight excluding hydrogens is 258 g/mol. The quantitative estimate of drug-likeness (QED) is 0.853. The molecule has 0 aliphatic carbocycles. The molecule has 0 radical (unpaired) electrons. The van der Waals surface area contributed by atoms with Gasteiger partial charge in [-0.25, -0.2) is 4.79 Å². The summed E-state index contributed by atoms with van der Waals surface area (Å²) in [7, 11) is 1.78. The predicted molar refractivity (Wildman–Crippen MR) is 75.9 cm³/mol. The zero-order valence-electron chi connectivity index (χ0n) is 11.9. The summed E-state index contributed by atoms with van der Waals surface area (Å²) >= 11 is 0. The minimum absolute atomic E-state index is 0.189. The number of esters is 1. The molecule has 0 aliphatic heterocycles. The van der Waals surface area contributed by atoms with Gasteiger partial charge in [0.05, 0.1) is 12.1 Å². The van der Waals surface area contributed by atoms with E-state index in [0.717, 1.165) is 10.9 Å². The Hall–Kier alpha value is -2.17. The third-order valence-corrected chi connectivity index (χ3v) is 3.19. The molecule has 2 rings (SSSR count). The van der Waals surface area contributed by atoms with Gasteiger partial charge in [-0.05, 0) is 31.5 Å². The van der Waals surface area contributed by atoms with Crippen LogP contribution in [0, 0.1) is 0 Å².